The lowest BCUT2D eigenvalue weighted by atomic mass is 10.2. The minimum atomic E-state index is -0.195. The first-order valence-corrected chi connectivity index (χ1v) is 5.27. The molecule has 0 spiro atoms. The van der Waals surface area contributed by atoms with Crippen molar-refractivity contribution in [2.75, 3.05) is 20.3 Å². The number of aliphatic hydroxyl groups is 1. The second kappa shape index (κ2) is 8.49. The smallest absolute Gasteiger partial charge is 0.315 e. The van der Waals surface area contributed by atoms with Crippen molar-refractivity contribution < 1.29 is 14.6 Å². The highest BCUT2D eigenvalue weighted by Gasteiger charge is 2.09. The number of carbonyl (C=O) groups is 1. The lowest BCUT2D eigenvalue weighted by Gasteiger charge is -2.17. The van der Waals surface area contributed by atoms with Crippen LogP contribution in [0.25, 0.3) is 0 Å². The van der Waals surface area contributed by atoms with Gasteiger partial charge in [0.05, 0.1) is 0 Å². The standard InChI is InChI=1S/C10H22N2O3/c1-8(4-6-13)11-10(14)12-9(2)5-7-15-3/h8-9,13H,4-7H2,1-3H3,(H2,11,12,14)/t8-,9?/m1/s1. The fourth-order valence-electron chi connectivity index (χ4n) is 1.12. The third-order valence-electron chi connectivity index (χ3n) is 2.07. The molecule has 5 heteroatoms. The van der Waals surface area contributed by atoms with Gasteiger partial charge in [0, 0.05) is 32.4 Å². The lowest BCUT2D eigenvalue weighted by Crippen LogP contribution is -2.45. The summed E-state index contributed by atoms with van der Waals surface area (Å²) in [6.07, 6.45) is 1.36. The first-order chi connectivity index (χ1) is 7.10. The van der Waals surface area contributed by atoms with E-state index >= 15 is 0 Å². The number of nitrogens with one attached hydrogen (secondary N) is 2. The fourth-order valence-corrected chi connectivity index (χ4v) is 1.12. The average molecular weight is 218 g/mol. The summed E-state index contributed by atoms with van der Waals surface area (Å²) in [7, 11) is 1.64. The Labute approximate surface area is 91.2 Å². The van der Waals surface area contributed by atoms with Crippen molar-refractivity contribution in [3.63, 3.8) is 0 Å². The van der Waals surface area contributed by atoms with Crippen LogP contribution in [0, 0.1) is 0 Å². The zero-order chi connectivity index (χ0) is 11.7. The van der Waals surface area contributed by atoms with Gasteiger partial charge in [-0.25, -0.2) is 4.79 Å². The van der Waals surface area contributed by atoms with E-state index in [1.54, 1.807) is 7.11 Å². The van der Waals surface area contributed by atoms with Crippen molar-refractivity contribution in [3.8, 4) is 0 Å². The molecule has 5 nitrogen and oxygen atoms in total. The predicted molar refractivity (Wildman–Crippen MR) is 58.8 cm³/mol. The minimum Gasteiger partial charge on any atom is -0.396 e. The Kier molecular flexibility index (Phi) is 8.04. The highest BCUT2D eigenvalue weighted by Crippen LogP contribution is 1.92. The number of rotatable bonds is 7. The topological polar surface area (TPSA) is 70.6 Å². The van der Waals surface area contributed by atoms with Gasteiger partial charge in [-0.05, 0) is 26.7 Å². The van der Waals surface area contributed by atoms with Crippen molar-refractivity contribution in [3.05, 3.63) is 0 Å². The van der Waals surface area contributed by atoms with Gasteiger partial charge in [-0.15, -0.1) is 0 Å². The van der Waals surface area contributed by atoms with E-state index in [4.69, 9.17) is 9.84 Å². The van der Waals surface area contributed by atoms with Gasteiger partial charge < -0.3 is 20.5 Å². The molecule has 0 fully saturated rings. The summed E-state index contributed by atoms with van der Waals surface area (Å²) in [5.41, 5.74) is 0. The lowest BCUT2D eigenvalue weighted by molar-refractivity contribution is 0.183. The maximum absolute atomic E-state index is 11.4. The molecule has 0 saturated carbocycles. The van der Waals surface area contributed by atoms with Gasteiger partial charge in [0.25, 0.3) is 0 Å². The van der Waals surface area contributed by atoms with Crippen molar-refractivity contribution >= 4 is 6.03 Å². The van der Waals surface area contributed by atoms with Gasteiger partial charge in [-0.1, -0.05) is 0 Å². The van der Waals surface area contributed by atoms with Crippen LogP contribution in [-0.4, -0.2) is 43.5 Å². The van der Waals surface area contributed by atoms with Crippen LogP contribution in [0.15, 0.2) is 0 Å². The zero-order valence-electron chi connectivity index (χ0n) is 9.75. The van der Waals surface area contributed by atoms with Crippen LogP contribution in [-0.2, 0) is 4.74 Å². The Balaban J connectivity index is 3.63. The summed E-state index contributed by atoms with van der Waals surface area (Å²) >= 11 is 0. The van der Waals surface area contributed by atoms with Crippen LogP contribution in [0.4, 0.5) is 4.79 Å². The van der Waals surface area contributed by atoms with Gasteiger partial charge in [-0.3, -0.25) is 0 Å². The number of ether oxygens (including phenoxy) is 1. The van der Waals surface area contributed by atoms with Crippen molar-refractivity contribution in [2.45, 2.75) is 38.8 Å². The molecule has 90 valence electrons. The van der Waals surface area contributed by atoms with E-state index in [1.807, 2.05) is 13.8 Å². The van der Waals surface area contributed by atoms with E-state index in [-0.39, 0.29) is 24.7 Å². The first-order valence-electron chi connectivity index (χ1n) is 5.27. The first kappa shape index (κ1) is 14.2. The number of carbonyl (C=O) groups excluding carboxylic acids is 1. The molecule has 2 atom stereocenters. The van der Waals surface area contributed by atoms with Crippen LogP contribution >= 0.6 is 0 Å². The SMILES string of the molecule is COCCC(C)NC(=O)N[C@H](C)CCO. The van der Waals surface area contributed by atoms with Crippen molar-refractivity contribution in [2.24, 2.45) is 0 Å². The van der Waals surface area contributed by atoms with Crippen molar-refractivity contribution in [1.29, 1.82) is 0 Å². The third kappa shape index (κ3) is 8.20. The Morgan fingerprint density at radius 3 is 2.27 bits per heavy atom. The summed E-state index contributed by atoms with van der Waals surface area (Å²) in [4.78, 5) is 11.4. The quantitative estimate of drug-likeness (QED) is 0.582. The van der Waals surface area contributed by atoms with Crippen LogP contribution < -0.4 is 10.6 Å². The summed E-state index contributed by atoms with van der Waals surface area (Å²) in [6.45, 7) is 4.50. The summed E-state index contributed by atoms with van der Waals surface area (Å²) in [6, 6.07) is -0.115. The molecule has 0 rings (SSSR count). The van der Waals surface area contributed by atoms with E-state index in [2.05, 4.69) is 10.6 Å². The average Bonchev–Trinajstić information content (AvgIpc) is 2.14. The monoisotopic (exact) mass is 218 g/mol. The second-order valence-corrected chi connectivity index (χ2v) is 3.71. The Bertz CT molecular complexity index is 176. The van der Waals surface area contributed by atoms with Crippen LogP contribution in [0.2, 0.25) is 0 Å². The van der Waals surface area contributed by atoms with E-state index in [9.17, 15) is 4.79 Å². The molecule has 0 aliphatic carbocycles. The fraction of sp³-hybridized carbons (Fsp3) is 0.900. The molecule has 0 bridgehead atoms. The molecule has 0 heterocycles. The Morgan fingerprint density at radius 2 is 1.80 bits per heavy atom. The van der Waals surface area contributed by atoms with Crippen LogP contribution in [0.1, 0.15) is 26.7 Å². The largest absolute Gasteiger partial charge is 0.396 e. The van der Waals surface area contributed by atoms with Gasteiger partial charge in [0.15, 0.2) is 0 Å². The summed E-state index contributed by atoms with van der Waals surface area (Å²) < 4.78 is 4.91. The number of methoxy groups -OCH3 is 1. The maximum Gasteiger partial charge on any atom is 0.315 e. The van der Waals surface area contributed by atoms with Gasteiger partial charge in [-0.2, -0.15) is 0 Å². The molecule has 0 aliphatic heterocycles. The molecule has 0 radical (unpaired) electrons. The van der Waals surface area contributed by atoms with E-state index in [1.165, 1.54) is 0 Å². The Morgan fingerprint density at radius 1 is 1.27 bits per heavy atom. The normalized spacial score (nSPS) is 14.4. The maximum atomic E-state index is 11.4. The molecule has 15 heavy (non-hydrogen) atoms. The molecule has 0 aromatic carbocycles. The minimum absolute atomic E-state index is 0.00961. The molecule has 0 saturated heterocycles. The molecule has 3 N–H and O–H groups in total. The highest BCUT2D eigenvalue weighted by molar-refractivity contribution is 5.74. The predicted octanol–water partition coefficient (Wildman–Crippen LogP) is 0.481. The number of hydrogen-bond donors (Lipinski definition) is 3. The van der Waals surface area contributed by atoms with Gasteiger partial charge in [0.2, 0.25) is 0 Å². The summed E-state index contributed by atoms with van der Waals surface area (Å²) in [5, 5.41) is 14.2. The van der Waals surface area contributed by atoms with Crippen LogP contribution in [0.5, 0.6) is 0 Å². The molecule has 0 aromatic heterocycles. The van der Waals surface area contributed by atoms with E-state index in [0.29, 0.717) is 13.0 Å². The van der Waals surface area contributed by atoms with Gasteiger partial charge in [0.1, 0.15) is 0 Å². The second-order valence-electron chi connectivity index (χ2n) is 3.71. The molecule has 0 aromatic rings. The van der Waals surface area contributed by atoms with Crippen LogP contribution in [0.3, 0.4) is 0 Å². The van der Waals surface area contributed by atoms with Crippen molar-refractivity contribution in [1.82, 2.24) is 10.6 Å². The molecule has 1 unspecified atom stereocenters. The Hall–Kier alpha value is -0.810. The molecule has 2 amide bonds. The zero-order valence-corrected chi connectivity index (χ0v) is 9.75. The van der Waals surface area contributed by atoms with E-state index in [0.717, 1.165) is 6.42 Å². The number of hydrogen-bond acceptors (Lipinski definition) is 3. The molecular weight excluding hydrogens is 196 g/mol. The number of urea groups is 1. The number of aliphatic hydroxyl groups excluding tert-OH is 1. The molecule has 0 aliphatic rings. The molecular formula is C10H22N2O3. The van der Waals surface area contributed by atoms with E-state index < -0.39 is 0 Å². The third-order valence-corrected chi connectivity index (χ3v) is 2.07. The highest BCUT2D eigenvalue weighted by atomic mass is 16.5. The van der Waals surface area contributed by atoms with Gasteiger partial charge >= 0.3 is 6.03 Å². The summed E-state index contributed by atoms with van der Waals surface area (Å²) in [5.74, 6) is 0. The number of amides is 2.